The van der Waals surface area contributed by atoms with Gasteiger partial charge in [0.25, 0.3) is 0 Å². The summed E-state index contributed by atoms with van der Waals surface area (Å²) in [5.74, 6) is 0.907. The first-order chi connectivity index (χ1) is 8.59. The van der Waals surface area contributed by atoms with Gasteiger partial charge in [-0.2, -0.15) is 0 Å². The maximum atomic E-state index is 12.6. The maximum absolute atomic E-state index is 12.6. The second-order valence-corrected chi connectivity index (χ2v) is 5.98. The number of hydrogen-bond donors (Lipinski definition) is 1. The lowest BCUT2D eigenvalue weighted by molar-refractivity contribution is -0.140. The fourth-order valence-electron chi connectivity index (χ4n) is 3.20. The van der Waals surface area contributed by atoms with Crippen LogP contribution in [0.25, 0.3) is 0 Å². The Bertz CT molecular complexity index is 290. The third kappa shape index (κ3) is 3.04. The molecule has 104 valence electrons. The Labute approximate surface area is 110 Å². The molecule has 1 amide bonds. The fraction of sp³-hybridized carbons (Fsp3) is 0.929. The molecule has 0 bridgehead atoms. The Hall–Kier alpha value is -0.610. The minimum atomic E-state index is 0.0293. The van der Waals surface area contributed by atoms with E-state index in [4.69, 9.17) is 10.5 Å². The molecule has 0 aromatic carbocycles. The van der Waals surface area contributed by atoms with Gasteiger partial charge in [0.05, 0.1) is 5.92 Å². The van der Waals surface area contributed by atoms with Gasteiger partial charge >= 0.3 is 0 Å². The van der Waals surface area contributed by atoms with Crippen LogP contribution in [-0.2, 0) is 9.53 Å². The SMILES string of the molecule is CC1CCC(N)C(C(=O)N(C)C2CCOCC2)C1. The molecule has 4 nitrogen and oxygen atoms in total. The van der Waals surface area contributed by atoms with Crippen LogP contribution in [0, 0.1) is 11.8 Å². The summed E-state index contributed by atoms with van der Waals surface area (Å²) in [6, 6.07) is 0.395. The molecule has 2 aliphatic rings. The van der Waals surface area contributed by atoms with E-state index in [0.29, 0.717) is 12.0 Å². The summed E-state index contributed by atoms with van der Waals surface area (Å²) in [6.45, 7) is 3.77. The first-order valence-electron chi connectivity index (χ1n) is 7.19. The normalized spacial score (nSPS) is 34.3. The quantitative estimate of drug-likeness (QED) is 0.810. The summed E-state index contributed by atoms with van der Waals surface area (Å²) in [5.41, 5.74) is 6.14. The summed E-state index contributed by atoms with van der Waals surface area (Å²) in [4.78, 5) is 14.5. The number of nitrogens with two attached hydrogens (primary N) is 1. The number of rotatable bonds is 2. The van der Waals surface area contributed by atoms with Crippen LogP contribution < -0.4 is 5.73 Å². The average Bonchev–Trinajstić information content (AvgIpc) is 2.41. The van der Waals surface area contributed by atoms with E-state index in [1.54, 1.807) is 0 Å². The molecule has 3 atom stereocenters. The van der Waals surface area contributed by atoms with Crippen LogP contribution in [-0.4, -0.2) is 43.2 Å². The summed E-state index contributed by atoms with van der Waals surface area (Å²) in [6.07, 6.45) is 5.01. The van der Waals surface area contributed by atoms with Gasteiger partial charge < -0.3 is 15.4 Å². The molecule has 2 rings (SSSR count). The van der Waals surface area contributed by atoms with Gasteiger partial charge in [-0.3, -0.25) is 4.79 Å². The molecule has 0 spiro atoms. The van der Waals surface area contributed by atoms with Gasteiger partial charge in [0.2, 0.25) is 5.91 Å². The van der Waals surface area contributed by atoms with Crippen LogP contribution in [0.15, 0.2) is 0 Å². The van der Waals surface area contributed by atoms with Crippen molar-refractivity contribution in [3.05, 3.63) is 0 Å². The van der Waals surface area contributed by atoms with E-state index in [1.807, 2.05) is 11.9 Å². The Morgan fingerprint density at radius 1 is 1.22 bits per heavy atom. The van der Waals surface area contributed by atoms with E-state index in [2.05, 4.69) is 6.92 Å². The second kappa shape index (κ2) is 6.02. The number of amides is 1. The van der Waals surface area contributed by atoms with Crippen molar-refractivity contribution in [1.82, 2.24) is 4.90 Å². The monoisotopic (exact) mass is 254 g/mol. The molecule has 1 aliphatic heterocycles. The highest BCUT2D eigenvalue weighted by Gasteiger charge is 2.35. The first kappa shape index (κ1) is 13.8. The predicted octanol–water partition coefficient (Wildman–Crippen LogP) is 1.39. The molecule has 0 aromatic rings. The molecule has 3 unspecified atom stereocenters. The topological polar surface area (TPSA) is 55.6 Å². The predicted molar refractivity (Wildman–Crippen MR) is 71.1 cm³/mol. The second-order valence-electron chi connectivity index (χ2n) is 5.98. The van der Waals surface area contributed by atoms with Crippen LogP contribution in [0.1, 0.15) is 39.0 Å². The molecule has 1 saturated heterocycles. The van der Waals surface area contributed by atoms with Crippen molar-refractivity contribution in [2.45, 2.75) is 51.1 Å². The lowest BCUT2D eigenvalue weighted by atomic mass is 9.78. The van der Waals surface area contributed by atoms with E-state index in [1.165, 1.54) is 0 Å². The van der Waals surface area contributed by atoms with Crippen molar-refractivity contribution < 1.29 is 9.53 Å². The zero-order valence-electron chi connectivity index (χ0n) is 11.6. The lowest BCUT2D eigenvalue weighted by Gasteiger charge is -2.38. The Morgan fingerprint density at radius 2 is 1.89 bits per heavy atom. The summed E-state index contributed by atoms with van der Waals surface area (Å²) in [5, 5.41) is 0. The highest BCUT2D eigenvalue weighted by Crippen LogP contribution is 2.30. The van der Waals surface area contributed by atoms with Gasteiger partial charge in [-0.05, 0) is 38.0 Å². The Kier molecular flexibility index (Phi) is 4.62. The average molecular weight is 254 g/mol. The van der Waals surface area contributed by atoms with Gasteiger partial charge in [0.15, 0.2) is 0 Å². The Balaban J connectivity index is 1.95. The molecule has 1 aliphatic carbocycles. The minimum Gasteiger partial charge on any atom is -0.381 e. The minimum absolute atomic E-state index is 0.0293. The largest absolute Gasteiger partial charge is 0.381 e. The van der Waals surface area contributed by atoms with Gasteiger partial charge in [-0.15, -0.1) is 0 Å². The zero-order chi connectivity index (χ0) is 13.1. The van der Waals surface area contributed by atoms with Crippen LogP contribution >= 0.6 is 0 Å². The van der Waals surface area contributed by atoms with Crippen molar-refractivity contribution in [2.75, 3.05) is 20.3 Å². The van der Waals surface area contributed by atoms with Crippen LogP contribution in [0.5, 0.6) is 0 Å². The first-order valence-corrected chi connectivity index (χ1v) is 7.19. The highest BCUT2D eigenvalue weighted by atomic mass is 16.5. The van der Waals surface area contributed by atoms with Gasteiger partial charge in [0.1, 0.15) is 0 Å². The lowest BCUT2D eigenvalue weighted by Crippen LogP contribution is -2.49. The van der Waals surface area contributed by atoms with E-state index in [0.717, 1.165) is 45.3 Å². The Morgan fingerprint density at radius 3 is 2.56 bits per heavy atom. The molecular weight excluding hydrogens is 228 g/mol. The van der Waals surface area contributed by atoms with Gasteiger partial charge in [0, 0.05) is 32.3 Å². The number of carbonyl (C=O) groups excluding carboxylic acids is 1. The fourth-order valence-corrected chi connectivity index (χ4v) is 3.20. The zero-order valence-corrected chi connectivity index (χ0v) is 11.6. The number of ether oxygens (including phenoxy) is 1. The molecule has 1 saturated carbocycles. The smallest absolute Gasteiger partial charge is 0.227 e. The van der Waals surface area contributed by atoms with E-state index >= 15 is 0 Å². The van der Waals surface area contributed by atoms with Crippen molar-refractivity contribution in [1.29, 1.82) is 0 Å². The summed E-state index contributed by atoms with van der Waals surface area (Å²) in [7, 11) is 1.93. The third-order valence-corrected chi connectivity index (χ3v) is 4.57. The molecule has 2 N–H and O–H groups in total. The number of carbonyl (C=O) groups is 1. The molecular formula is C14H26N2O2. The van der Waals surface area contributed by atoms with Gasteiger partial charge in [-0.25, -0.2) is 0 Å². The standard InChI is InChI=1S/C14H26N2O2/c1-10-3-4-13(15)12(9-10)14(17)16(2)11-5-7-18-8-6-11/h10-13H,3-9,15H2,1-2H3. The van der Waals surface area contributed by atoms with E-state index in [-0.39, 0.29) is 17.9 Å². The van der Waals surface area contributed by atoms with Crippen molar-refractivity contribution >= 4 is 5.91 Å². The molecule has 0 aromatic heterocycles. The number of hydrogen-bond acceptors (Lipinski definition) is 3. The van der Waals surface area contributed by atoms with E-state index in [9.17, 15) is 4.79 Å². The van der Waals surface area contributed by atoms with Crippen molar-refractivity contribution in [3.63, 3.8) is 0 Å². The molecule has 0 radical (unpaired) electrons. The van der Waals surface area contributed by atoms with E-state index < -0.39 is 0 Å². The molecule has 18 heavy (non-hydrogen) atoms. The molecule has 1 heterocycles. The third-order valence-electron chi connectivity index (χ3n) is 4.57. The van der Waals surface area contributed by atoms with Crippen molar-refractivity contribution in [3.8, 4) is 0 Å². The van der Waals surface area contributed by atoms with Crippen LogP contribution in [0.3, 0.4) is 0 Å². The summed E-state index contributed by atoms with van der Waals surface area (Å²) >= 11 is 0. The van der Waals surface area contributed by atoms with Gasteiger partial charge in [-0.1, -0.05) is 6.92 Å². The highest BCUT2D eigenvalue weighted by molar-refractivity contribution is 5.79. The van der Waals surface area contributed by atoms with Crippen LogP contribution in [0.4, 0.5) is 0 Å². The maximum Gasteiger partial charge on any atom is 0.227 e. The summed E-state index contributed by atoms with van der Waals surface area (Å²) < 4.78 is 5.35. The number of nitrogens with zero attached hydrogens (tertiary/aromatic N) is 1. The van der Waals surface area contributed by atoms with Crippen molar-refractivity contribution in [2.24, 2.45) is 17.6 Å². The molecule has 4 heteroatoms. The molecule has 2 fully saturated rings. The van der Waals surface area contributed by atoms with Crippen LogP contribution in [0.2, 0.25) is 0 Å².